The van der Waals surface area contributed by atoms with E-state index in [4.69, 9.17) is 14.2 Å². The fourth-order valence-electron chi connectivity index (χ4n) is 2.98. The molecule has 0 aromatic heterocycles. The Kier molecular flexibility index (Phi) is 11.7. The van der Waals surface area contributed by atoms with Gasteiger partial charge in [-0.25, -0.2) is 4.79 Å². The molecule has 0 aliphatic rings. The number of esters is 1. The van der Waals surface area contributed by atoms with E-state index in [1.165, 1.54) is 12.8 Å². The summed E-state index contributed by atoms with van der Waals surface area (Å²) in [6, 6.07) is 13.4. The molecular weight excluding hydrogens is 416 g/mol. The first-order chi connectivity index (χ1) is 16.0. The van der Waals surface area contributed by atoms with Gasteiger partial charge in [0.05, 0.1) is 31.2 Å². The summed E-state index contributed by atoms with van der Waals surface area (Å²) in [6.07, 6.45) is 6.08. The second-order valence-electron chi connectivity index (χ2n) is 8.02. The van der Waals surface area contributed by atoms with Gasteiger partial charge in [0.25, 0.3) is 0 Å². The average molecular weight is 453 g/mol. The quantitative estimate of drug-likeness (QED) is 0.120. The number of azo groups is 1. The van der Waals surface area contributed by atoms with Gasteiger partial charge in [0.1, 0.15) is 11.5 Å². The minimum Gasteiger partial charge on any atom is -0.494 e. The van der Waals surface area contributed by atoms with Crippen LogP contribution in [0, 0.1) is 6.92 Å². The Morgan fingerprint density at radius 2 is 1.48 bits per heavy atom. The second kappa shape index (κ2) is 14.8. The summed E-state index contributed by atoms with van der Waals surface area (Å²) >= 11 is 0. The van der Waals surface area contributed by atoms with Crippen LogP contribution in [0.4, 0.5) is 11.4 Å². The molecule has 178 valence electrons. The van der Waals surface area contributed by atoms with Crippen molar-refractivity contribution in [3.8, 4) is 11.5 Å². The molecule has 0 spiro atoms. The lowest BCUT2D eigenvalue weighted by molar-refractivity contribution is -0.139. The van der Waals surface area contributed by atoms with Gasteiger partial charge in [-0.15, -0.1) is 0 Å². The van der Waals surface area contributed by atoms with E-state index in [9.17, 15) is 4.79 Å². The van der Waals surface area contributed by atoms with Crippen molar-refractivity contribution < 1.29 is 19.0 Å². The lowest BCUT2D eigenvalue weighted by Crippen LogP contribution is -2.06. The summed E-state index contributed by atoms with van der Waals surface area (Å²) in [5.41, 5.74) is 3.00. The highest BCUT2D eigenvalue weighted by molar-refractivity contribution is 5.86. The number of rotatable bonds is 15. The minimum atomic E-state index is -0.331. The number of carbonyl (C=O) groups is 1. The lowest BCUT2D eigenvalue weighted by Gasteiger charge is -2.09. The van der Waals surface area contributed by atoms with Crippen molar-refractivity contribution in [1.29, 1.82) is 0 Å². The number of unbranched alkanes of at least 4 members (excludes halogenated alkanes) is 4. The van der Waals surface area contributed by atoms with Crippen LogP contribution in [-0.2, 0) is 9.53 Å². The standard InChI is InChI=1S/C27H36N2O4/c1-5-6-8-17-31-25-14-11-23(12-15-25)28-29-24-13-16-26(22(4)20-24)32-18-9-7-10-19-33-27(30)21(2)3/h11-16,20H,2,5-10,17-19H2,1,3-4H3. The first kappa shape index (κ1) is 26.1. The predicted molar refractivity (Wildman–Crippen MR) is 132 cm³/mol. The van der Waals surface area contributed by atoms with E-state index in [-0.39, 0.29) is 5.97 Å². The highest BCUT2D eigenvalue weighted by Gasteiger charge is 2.04. The number of carbonyl (C=O) groups excluding carboxylic acids is 1. The molecule has 0 N–H and O–H groups in total. The van der Waals surface area contributed by atoms with E-state index in [1.54, 1.807) is 6.92 Å². The summed E-state index contributed by atoms with van der Waals surface area (Å²) in [7, 11) is 0. The average Bonchev–Trinajstić information content (AvgIpc) is 2.81. The summed E-state index contributed by atoms with van der Waals surface area (Å²) in [5, 5.41) is 8.64. The highest BCUT2D eigenvalue weighted by Crippen LogP contribution is 2.26. The highest BCUT2D eigenvalue weighted by atomic mass is 16.5. The molecule has 0 saturated carbocycles. The number of hydrogen-bond donors (Lipinski definition) is 0. The van der Waals surface area contributed by atoms with Crippen LogP contribution in [0.2, 0.25) is 0 Å². The number of benzene rings is 2. The molecule has 0 aliphatic heterocycles. The van der Waals surface area contributed by atoms with Crippen molar-refractivity contribution in [2.75, 3.05) is 19.8 Å². The molecule has 2 aromatic carbocycles. The summed E-state index contributed by atoms with van der Waals surface area (Å²) < 4.78 is 16.7. The third-order valence-corrected chi connectivity index (χ3v) is 4.92. The maximum Gasteiger partial charge on any atom is 0.333 e. The van der Waals surface area contributed by atoms with Crippen LogP contribution in [0.15, 0.2) is 64.8 Å². The van der Waals surface area contributed by atoms with Crippen LogP contribution in [0.1, 0.15) is 57.9 Å². The molecule has 0 fully saturated rings. The van der Waals surface area contributed by atoms with Gasteiger partial charge in [0, 0.05) is 5.57 Å². The molecule has 0 bridgehead atoms. The molecule has 0 atom stereocenters. The Hall–Kier alpha value is -3.15. The zero-order valence-electron chi connectivity index (χ0n) is 20.1. The molecule has 2 aromatic rings. The molecular formula is C27H36N2O4. The zero-order valence-corrected chi connectivity index (χ0v) is 20.1. The van der Waals surface area contributed by atoms with Gasteiger partial charge >= 0.3 is 5.97 Å². The molecule has 0 heterocycles. The van der Waals surface area contributed by atoms with Crippen molar-refractivity contribution in [2.45, 2.75) is 59.3 Å². The Morgan fingerprint density at radius 3 is 2.18 bits per heavy atom. The van der Waals surface area contributed by atoms with Gasteiger partial charge < -0.3 is 14.2 Å². The maximum atomic E-state index is 11.3. The predicted octanol–water partition coefficient (Wildman–Crippen LogP) is 7.65. The van der Waals surface area contributed by atoms with Gasteiger partial charge in [-0.2, -0.15) is 10.2 Å². The van der Waals surface area contributed by atoms with E-state index in [1.807, 2.05) is 49.4 Å². The lowest BCUT2D eigenvalue weighted by atomic mass is 10.2. The van der Waals surface area contributed by atoms with Crippen molar-refractivity contribution in [3.63, 3.8) is 0 Å². The van der Waals surface area contributed by atoms with Crippen LogP contribution in [-0.4, -0.2) is 25.8 Å². The number of ether oxygens (including phenoxy) is 3. The number of hydrogen-bond acceptors (Lipinski definition) is 6. The Bertz CT molecular complexity index is 907. The number of nitrogens with zero attached hydrogens (tertiary/aromatic N) is 2. The third kappa shape index (κ3) is 10.3. The van der Waals surface area contributed by atoms with Gasteiger partial charge in [-0.1, -0.05) is 26.3 Å². The molecule has 0 saturated heterocycles. The zero-order chi connectivity index (χ0) is 23.9. The Balaban J connectivity index is 1.72. The van der Waals surface area contributed by atoms with Crippen LogP contribution >= 0.6 is 0 Å². The summed E-state index contributed by atoms with van der Waals surface area (Å²) in [5.74, 6) is 1.37. The van der Waals surface area contributed by atoms with Crippen molar-refractivity contribution in [2.24, 2.45) is 10.2 Å². The fourth-order valence-corrected chi connectivity index (χ4v) is 2.98. The van der Waals surface area contributed by atoms with Crippen LogP contribution in [0.3, 0.4) is 0 Å². The normalized spacial score (nSPS) is 10.9. The van der Waals surface area contributed by atoms with Crippen molar-refractivity contribution in [3.05, 3.63) is 60.2 Å². The largest absolute Gasteiger partial charge is 0.494 e. The molecule has 0 aliphatic carbocycles. The fraction of sp³-hybridized carbons (Fsp3) is 0.444. The van der Waals surface area contributed by atoms with Gasteiger partial charge in [0.2, 0.25) is 0 Å². The first-order valence-corrected chi connectivity index (χ1v) is 11.7. The Morgan fingerprint density at radius 1 is 0.848 bits per heavy atom. The molecule has 2 rings (SSSR count). The maximum absolute atomic E-state index is 11.3. The van der Waals surface area contributed by atoms with Crippen molar-refractivity contribution >= 4 is 17.3 Å². The van der Waals surface area contributed by atoms with Crippen molar-refractivity contribution in [1.82, 2.24) is 0 Å². The van der Waals surface area contributed by atoms with Crippen LogP contribution < -0.4 is 9.47 Å². The second-order valence-corrected chi connectivity index (χ2v) is 8.02. The van der Waals surface area contributed by atoms with Gasteiger partial charge in [0.15, 0.2) is 0 Å². The Labute approximate surface area is 197 Å². The smallest absolute Gasteiger partial charge is 0.333 e. The van der Waals surface area contributed by atoms with E-state index >= 15 is 0 Å². The molecule has 0 unspecified atom stereocenters. The molecule has 6 nitrogen and oxygen atoms in total. The molecule has 0 amide bonds. The van der Waals surface area contributed by atoms with E-state index < -0.39 is 0 Å². The molecule has 33 heavy (non-hydrogen) atoms. The van der Waals surface area contributed by atoms with E-state index in [0.717, 1.165) is 60.7 Å². The third-order valence-electron chi connectivity index (χ3n) is 4.92. The van der Waals surface area contributed by atoms with Crippen LogP contribution in [0.25, 0.3) is 0 Å². The van der Waals surface area contributed by atoms with Gasteiger partial charge in [-0.3, -0.25) is 0 Å². The molecule has 6 heteroatoms. The first-order valence-electron chi connectivity index (χ1n) is 11.7. The van der Waals surface area contributed by atoms with E-state index in [2.05, 4.69) is 23.7 Å². The van der Waals surface area contributed by atoms with Crippen LogP contribution in [0.5, 0.6) is 11.5 Å². The summed E-state index contributed by atoms with van der Waals surface area (Å²) in [6.45, 7) is 11.2. The SMILES string of the molecule is C=C(C)C(=O)OCCCCCOc1ccc(N=Nc2ccc(OCCCCC)cc2)cc1C. The number of aryl methyl sites for hydroxylation is 1. The summed E-state index contributed by atoms with van der Waals surface area (Å²) in [4.78, 5) is 11.3. The molecule has 0 radical (unpaired) electrons. The van der Waals surface area contributed by atoms with E-state index in [0.29, 0.717) is 18.8 Å². The topological polar surface area (TPSA) is 69.5 Å². The minimum absolute atomic E-state index is 0.331. The monoisotopic (exact) mass is 452 g/mol. The van der Waals surface area contributed by atoms with Gasteiger partial charge in [-0.05, 0) is 87.6 Å².